The maximum Gasteiger partial charge on any atom is 0.330 e. The molecular formula is C15H24O2. The first-order valence-electron chi connectivity index (χ1n) is 6.29. The molecule has 0 aliphatic heterocycles. The van der Waals surface area contributed by atoms with Crippen LogP contribution in [0.1, 0.15) is 47.0 Å². The fraction of sp³-hybridized carbons (Fsp3) is 0.667. The molecule has 17 heavy (non-hydrogen) atoms. The van der Waals surface area contributed by atoms with E-state index in [1.807, 2.05) is 6.08 Å². The maximum absolute atomic E-state index is 11.0. The molecule has 0 aromatic carbocycles. The van der Waals surface area contributed by atoms with Gasteiger partial charge in [0.15, 0.2) is 0 Å². The molecule has 1 atom stereocenters. The molecule has 96 valence electrons. The Morgan fingerprint density at radius 1 is 1.47 bits per heavy atom. The van der Waals surface area contributed by atoms with Gasteiger partial charge in [-0.1, -0.05) is 31.1 Å². The van der Waals surface area contributed by atoms with Crippen molar-refractivity contribution in [2.45, 2.75) is 47.0 Å². The van der Waals surface area contributed by atoms with Crippen LogP contribution < -0.4 is 0 Å². The molecule has 1 unspecified atom stereocenters. The van der Waals surface area contributed by atoms with Crippen molar-refractivity contribution < 1.29 is 9.53 Å². The van der Waals surface area contributed by atoms with Crippen molar-refractivity contribution in [1.82, 2.24) is 0 Å². The summed E-state index contributed by atoms with van der Waals surface area (Å²) in [4.78, 5) is 11.0. The Morgan fingerprint density at radius 3 is 2.71 bits per heavy atom. The van der Waals surface area contributed by atoms with Crippen molar-refractivity contribution in [3.63, 3.8) is 0 Å². The summed E-state index contributed by atoms with van der Waals surface area (Å²) < 4.78 is 4.60. The number of rotatable bonds is 3. The maximum atomic E-state index is 11.0. The van der Waals surface area contributed by atoms with Gasteiger partial charge in [-0.05, 0) is 44.4 Å². The summed E-state index contributed by atoms with van der Waals surface area (Å²) >= 11 is 0. The van der Waals surface area contributed by atoms with E-state index in [2.05, 4.69) is 32.4 Å². The number of methoxy groups -OCH3 is 1. The molecule has 0 aromatic rings. The summed E-state index contributed by atoms with van der Waals surface area (Å²) in [6.45, 7) is 9.09. The highest BCUT2D eigenvalue weighted by atomic mass is 16.5. The van der Waals surface area contributed by atoms with Crippen LogP contribution in [0.4, 0.5) is 0 Å². The largest absolute Gasteiger partial charge is 0.466 e. The molecule has 0 aromatic heterocycles. The molecule has 1 rings (SSSR count). The highest BCUT2D eigenvalue weighted by Crippen LogP contribution is 2.45. The highest BCUT2D eigenvalue weighted by molar-refractivity contribution is 5.81. The number of allylic oxidation sites excluding steroid dienone is 3. The molecular weight excluding hydrogens is 212 g/mol. The summed E-state index contributed by atoms with van der Waals surface area (Å²) in [5.74, 6) is 0.272. The molecule has 0 heterocycles. The summed E-state index contributed by atoms with van der Waals surface area (Å²) in [6, 6.07) is 0. The highest BCUT2D eigenvalue weighted by Gasteiger charge is 2.33. The average molecular weight is 236 g/mol. The summed E-state index contributed by atoms with van der Waals surface area (Å²) in [6.07, 6.45) is 6.84. The van der Waals surface area contributed by atoms with Gasteiger partial charge in [-0.15, -0.1) is 0 Å². The van der Waals surface area contributed by atoms with Gasteiger partial charge in [0.05, 0.1) is 7.11 Å². The van der Waals surface area contributed by atoms with E-state index in [0.29, 0.717) is 11.3 Å². The van der Waals surface area contributed by atoms with Gasteiger partial charge < -0.3 is 4.74 Å². The molecule has 1 aliphatic carbocycles. The lowest BCUT2D eigenvalue weighted by Crippen LogP contribution is -2.28. The molecule has 0 amide bonds. The molecule has 2 heteroatoms. The first-order valence-corrected chi connectivity index (χ1v) is 6.29. The van der Waals surface area contributed by atoms with Crippen molar-refractivity contribution in [3.8, 4) is 0 Å². The predicted octanol–water partition coefficient (Wildman–Crippen LogP) is 3.88. The van der Waals surface area contributed by atoms with Gasteiger partial charge in [0, 0.05) is 6.08 Å². The van der Waals surface area contributed by atoms with Crippen LogP contribution in [-0.2, 0) is 9.53 Å². The van der Waals surface area contributed by atoms with E-state index in [4.69, 9.17) is 0 Å². The third-order valence-corrected chi connectivity index (χ3v) is 4.11. The van der Waals surface area contributed by atoms with Crippen LogP contribution >= 0.6 is 0 Å². The third-order valence-electron chi connectivity index (χ3n) is 4.11. The van der Waals surface area contributed by atoms with Crippen LogP contribution in [0.2, 0.25) is 0 Å². The lowest BCUT2D eigenvalue weighted by Gasteiger charge is -2.40. The van der Waals surface area contributed by atoms with Crippen molar-refractivity contribution in [3.05, 3.63) is 23.3 Å². The van der Waals surface area contributed by atoms with E-state index < -0.39 is 0 Å². The number of hydrogen-bond donors (Lipinski definition) is 0. The van der Waals surface area contributed by atoms with Gasteiger partial charge in [-0.2, -0.15) is 0 Å². The topological polar surface area (TPSA) is 26.3 Å². The van der Waals surface area contributed by atoms with E-state index in [1.54, 1.807) is 0 Å². The minimum absolute atomic E-state index is 0.267. The number of ether oxygens (including phenoxy) is 1. The molecule has 0 saturated carbocycles. The van der Waals surface area contributed by atoms with Crippen molar-refractivity contribution >= 4 is 5.97 Å². The Labute approximate surface area is 105 Å². The van der Waals surface area contributed by atoms with Crippen LogP contribution in [0.3, 0.4) is 0 Å². The lowest BCUT2D eigenvalue weighted by atomic mass is 9.65. The van der Waals surface area contributed by atoms with Gasteiger partial charge in [0.25, 0.3) is 0 Å². The van der Waals surface area contributed by atoms with Gasteiger partial charge in [-0.3, -0.25) is 0 Å². The molecule has 2 nitrogen and oxygen atoms in total. The SMILES string of the molecule is COC(=O)/C=C/CC1C(C)=C(C)CCC1(C)C. The van der Waals surface area contributed by atoms with E-state index in [0.717, 1.165) is 6.42 Å². The van der Waals surface area contributed by atoms with E-state index in [9.17, 15) is 4.79 Å². The quantitative estimate of drug-likeness (QED) is 0.422. The fourth-order valence-corrected chi connectivity index (χ4v) is 2.63. The van der Waals surface area contributed by atoms with Crippen molar-refractivity contribution in [1.29, 1.82) is 0 Å². The van der Waals surface area contributed by atoms with Crippen LogP contribution in [0.25, 0.3) is 0 Å². The zero-order valence-electron chi connectivity index (χ0n) is 11.7. The standard InChI is InChI=1S/C15H24O2/c1-11-9-10-15(3,4)13(12(11)2)7-6-8-14(16)17-5/h6,8,13H,7,9-10H2,1-5H3/b8-6+. The Kier molecular flexibility index (Phi) is 4.55. The second-order valence-electron chi connectivity index (χ2n) is 5.67. The number of esters is 1. The Balaban J connectivity index is 2.76. The van der Waals surface area contributed by atoms with Crippen LogP contribution in [0.5, 0.6) is 0 Å². The zero-order chi connectivity index (χ0) is 13.1. The predicted molar refractivity (Wildman–Crippen MR) is 70.7 cm³/mol. The number of carbonyl (C=O) groups is 1. The first-order chi connectivity index (χ1) is 7.88. The number of hydrogen-bond acceptors (Lipinski definition) is 2. The minimum atomic E-state index is -0.267. The van der Waals surface area contributed by atoms with Gasteiger partial charge >= 0.3 is 5.97 Å². The zero-order valence-corrected chi connectivity index (χ0v) is 11.7. The molecule has 0 N–H and O–H groups in total. The van der Waals surface area contributed by atoms with Crippen LogP contribution in [0.15, 0.2) is 23.3 Å². The van der Waals surface area contributed by atoms with Gasteiger partial charge in [0.2, 0.25) is 0 Å². The summed E-state index contributed by atoms with van der Waals surface area (Å²) in [5.41, 5.74) is 3.33. The normalized spacial score (nSPS) is 24.2. The Morgan fingerprint density at radius 2 is 2.12 bits per heavy atom. The Hall–Kier alpha value is -1.05. The third kappa shape index (κ3) is 3.45. The molecule has 0 spiro atoms. The van der Waals surface area contributed by atoms with Gasteiger partial charge in [0.1, 0.15) is 0 Å². The second-order valence-corrected chi connectivity index (χ2v) is 5.67. The monoisotopic (exact) mass is 236 g/mol. The molecule has 0 saturated heterocycles. The van der Waals surface area contributed by atoms with E-state index in [-0.39, 0.29) is 5.97 Å². The first kappa shape index (κ1) is 14.0. The van der Waals surface area contributed by atoms with Crippen LogP contribution in [0, 0.1) is 11.3 Å². The van der Waals surface area contributed by atoms with Crippen molar-refractivity contribution in [2.24, 2.45) is 11.3 Å². The van der Waals surface area contributed by atoms with Gasteiger partial charge in [-0.25, -0.2) is 4.79 Å². The second kappa shape index (κ2) is 5.52. The molecule has 0 bridgehead atoms. The molecule has 0 fully saturated rings. The lowest BCUT2D eigenvalue weighted by molar-refractivity contribution is -0.134. The average Bonchev–Trinajstić information content (AvgIpc) is 2.28. The fourth-order valence-electron chi connectivity index (χ4n) is 2.63. The van der Waals surface area contributed by atoms with Crippen molar-refractivity contribution in [2.75, 3.05) is 7.11 Å². The van der Waals surface area contributed by atoms with E-state index in [1.165, 1.54) is 37.2 Å². The minimum Gasteiger partial charge on any atom is -0.466 e. The molecule has 1 aliphatic rings. The molecule has 0 radical (unpaired) electrons. The van der Waals surface area contributed by atoms with Crippen LogP contribution in [-0.4, -0.2) is 13.1 Å². The number of carbonyl (C=O) groups excluding carboxylic acids is 1. The van der Waals surface area contributed by atoms with E-state index >= 15 is 0 Å². The Bertz CT molecular complexity index is 348. The summed E-state index contributed by atoms with van der Waals surface area (Å²) in [5, 5.41) is 0. The smallest absolute Gasteiger partial charge is 0.330 e. The summed E-state index contributed by atoms with van der Waals surface area (Å²) in [7, 11) is 1.41.